The molecule has 0 saturated heterocycles. The molecule has 0 spiro atoms. The van der Waals surface area contributed by atoms with Crippen LogP contribution in [0, 0.1) is 0 Å². The van der Waals surface area contributed by atoms with Crippen LogP contribution in [-0.2, 0) is 25.7 Å². The van der Waals surface area contributed by atoms with Crippen LogP contribution < -0.4 is 16.0 Å². The van der Waals surface area contributed by atoms with Gasteiger partial charge >= 0.3 is 12.1 Å². The number of carboxylic acid groups (broad SMARTS) is 1. The molecule has 0 aliphatic rings. The molecule has 9 heteroatoms. The second kappa shape index (κ2) is 10.6. The van der Waals surface area contributed by atoms with Crippen LogP contribution in [0.25, 0.3) is 10.8 Å². The molecule has 0 radical (unpaired) electrons. The lowest BCUT2D eigenvalue weighted by Crippen LogP contribution is -2.53. The lowest BCUT2D eigenvalue weighted by atomic mass is 10.0. The fourth-order valence-electron chi connectivity index (χ4n) is 3.00. The first-order valence-corrected chi connectivity index (χ1v) is 10.2. The van der Waals surface area contributed by atoms with Gasteiger partial charge in [0.05, 0.1) is 6.42 Å². The molecule has 0 aromatic heterocycles. The highest BCUT2D eigenvalue weighted by molar-refractivity contribution is 5.93. The van der Waals surface area contributed by atoms with E-state index in [4.69, 9.17) is 9.84 Å². The van der Waals surface area contributed by atoms with Crippen LogP contribution in [0.3, 0.4) is 0 Å². The van der Waals surface area contributed by atoms with E-state index in [1.54, 1.807) is 20.8 Å². The van der Waals surface area contributed by atoms with E-state index in [1.807, 2.05) is 42.5 Å². The fourth-order valence-corrected chi connectivity index (χ4v) is 3.00. The molecule has 32 heavy (non-hydrogen) atoms. The molecule has 0 unspecified atom stereocenters. The van der Waals surface area contributed by atoms with Crippen molar-refractivity contribution in [2.24, 2.45) is 0 Å². The van der Waals surface area contributed by atoms with Gasteiger partial charge in [-0.3, -0.25) is 14.4 Å². The maximum absolute atomic E-state index is 12.5. The maximum Gasteiger partial charge on any atom is 0.408 e. The zero-order valence-electron chi connectivity index (χ0n) is 18.6. The van der Waals surface area contributed by atoms with Crippen molar-refractivity contribution in [2.45, 2.75) is 58.3 Å². The van der Waals surface area contributed by atoms with E-state index in [2.05, 4.69) is 16.0 Å². The standard InChI is InChI=1S/C23H29N3O6/c1-14(20(29)24-13-16-10-7-9-15-8-5-6-11-17(15)16)25-21(30)18(12-19(27)28)26-22(31)32-23(2,3)4/h5-11,14,18H,12-13H2,1-4H3,(H,24,29)(H,25,30)(H,26,31)(H,27,28)/t14-,18-/m0/s1. The summed E-state index contributed by atoms with van der Waals surface area (Å²) in [5.74, 6) is -2.53. The van der Waals surface area contributed by atoms with Crippen molar-refractivity contribution < 1.29 is 29.0 Å². The number of amides is 3. The van der Waals surface area contributed by atoms with Crippen LogP contribution in [-0.4, -0.2) is 46.7 Å². The molecule has 0 saturated carbocycles. The number of carbonyl (C=O) groups excluding carboxylic acids is 3. The number of carboxylic acids is 1. The highest BCUT2D eigenvalue weighted by Gasteiger charge is 2.28. The Kier molecular flexibility index (Phi) is 8.17. The maximum atomic E-state index is 12.5. The van der Waals surface area contributed by atoms with Gasteiger partial charge in [0.2, 0.25) is 11.8 Å². The third-order valence-electron chi connectivity index (χ3n) is 4.47. The summed E-state index contributed by atoms with van der Waals surface area (Å²) >= 11 is 0. The van der Waals surface area contributed by atoms with Crippen molar-refractivity contribution in [2.75, 3.05) is 0 Å². The van der Waals surface area contributed by atoms with Gasteiger partial charge < -0.3 is 25.8 Å². The second-order valence-corrected chi connectivity index (χ2v) is 8.38. The third kappa shape index (κ3) is 7.57. The number of hydrogen-bond donors (Lipinski definition) is 4. The van der Waals surface area contributed by atoms with Crippen molar-refractivity contribution in [1.29, 1.82) is 0 Å². The summed E-state index contributed by atoms with van der Waals surface area (Å²) in [5, 5.41) is 18.6. The van der Waals surface area contributed by atoms with E-state index in [0.29, 0.717) is 0 Å². The Morgan fingerprint density at radius 1 is 0.969 bits per heavy atom. The number of nitrogens with one attached hydrogen (secondary N) is 3. The number of rotatable bonds is 8. The van der Waals surface area contributed by atoms with Crippen LogP contribution in [0.4, 0.5) is 4.79 Å². The monoisotopic (exact) mass is 443 g/mol. The van der Waals surface area contributed by atoms with Crippen molar-refractivity contribution in [3.8, 4) is 0 Å². The van der Waals surface area contributed by atoms with Gasteiger partial charge in [0, 0.05) is 6.54 Å². The molecule has 2 aromatic rings. The van der Waals surface area contributed by atoms with Crippen molar-refractivity contribution in [1.82, 2.24) is 16.0 Å². The molecule has 9 nitrogen and oxygen atoms in total. The summed E-state index contributed by atoms with van der Waals surface area (Å²) in [4.78, 5) is 48.1. The highest BCUT2D eigenvalue weighted by Crippen LogP contribution is 2.18. The predicted octanol–water partition coefficient (Wildman–Crippen LogP) is 2.33. The molecular formula is C23H29N3O6. The molecular weight excluding hydrogens is 414 g/mol. The third-order valence-corrected chi connectivity index (χ3v) is 4.47. The fraction of sp³-hybridized carbons (Fsp3) is 0.391. The second-order valence-electron chi connectivity index (χ2n) is 8.38. The Morgan fingerprint density at radius 3 is 2.28 bits per heavy atom. The molecule has 2 rings (SSSR count). The molecule has 0 bridgehead atoms. The van der Waals surface area contributed by atoms with E-state index < -0.39 is 48.0 Å². The molecule has 2 aromatic carbocycles. The smallest absolute Gasteiger partial charge is 0.408 e. The van der Waals surface area contributed by atoms with E-state index in [1.165, 1.54) is 6.92 Å². The number of carbonyl (C=O) groups is 4. The molecule has 0 heterocycles. The van der Waals surface area contributed by atoms with Crippen LogP contribution in [0.2, 0.25) is 0 Å². The van der Waals surface area contributed by atoms with Gasteiger partial charge in [-0.25, -0.2) is 4.79 Å². The first-order chi connectivity index (χ1) is 15.0. The Hall–Kier alpha value is -3.62. The van der Waals surface area contributed by atoms with Crippen molar-refractivity contribution in [3.63, 3.8) is 0 Å². The van der Waals surface area contributed by atoms with Gasteiger partial charge in [0.1, 0.15) is 17.7 Å². The summed E-state index contributed by atoms with van der Waals surface area (Å²) in [6.07, 6.45) is -1.58. The van der Waals surface area contributed by atoms with Gasteiger partial charge in [0.15, 0.2) is 0 Å². The number of alkyl carbamates (subject to hydrolysis) is 1. The number of ether oxygens (including phenoxy) is 1. The van der Waals surface area contributed by atoms with Gasteiger partial charge in [-0.2, -0.15) is 0 Å². The molecule has 4 N–H and O–H groups in total. The Morgan fingerprint density at radius 2 is 1.62 bits per heavy atom. The summed E-state index contributed by atoms with van der Waals surface area (Å²) < 4.78 is 5.07. The van der Waals surface area contributed by atoms with Crippen molar-refractivity contribution in [3.05, 3.63) is 48.0 Å². The quantitative estimate of drug-likeness (QED) is 0.495. The average Bonchev–Trinajstić information content (AvgIpc) is 2.69. The minimum Gasteiger partial charge on any atom is -0.481 e. The predicted molar refractivity (Wildman–Crippen MR) is 119 cm³/mol. The van der Waals surface area contributed by atoms with E-state index in [0.717, 1.165) is 16.3 Å². The molecule has 0 aliphatic carbocycles. The normalized spacial score (nSPS) is 13.0. The highest BCUT2D eigenvalue weighted by atomic mass is 16.6. The van der Waals surface area contributed by atoms with Gasteiger partial charge in [-0.1, -0.05) is 42.5 Å². The molecule has 2 atom stereocenters. The number of fused-ring (bicyclic) bond motifs is 1. The lowest BCUT2D eigenvalue weighted by molar-refractivity contribution is -0.140. The first kappa shape index (κ1) is 24.6. The molecule has 3 amide bonds. The SMILES string of the molecule is C[C@H](NC(=O)[C@H](CC(=O)O)NC(=O)OC(C)(C)C)C(=O)NCc1cccc2ccccc12. The van der Waals surface area contributed by atoms with Crippen LogP contribution in [0.5, 0.6) is 0 Å². The summed E-state index contributed by atoms with van der Waals surface area (Å²) in [6.45, 7) is 6.65. The zero-order valence-corrected chi connectivity index (χ0v) is 18.6. The minimum atomic E-state index is -1.39. The van der Waals surface area contributed by atoms with Crippen LogP contribution in [0.15, 0.2) is 42.5 Å². The summed E-state index contributed by atoms with van der Waals surface area (Å²) in [5.41, 5.74) is 0.105. The minimum absolute atomic E-state index is 0.259. The van der Waals surface area contributed by atoms with Crippen molar-refractivity contribution >= 4 is 34.6 Å². The Bertz CT molecular complexity index is 993. The largest absolute Gasteiger partial charge is 0.481 e. The number of aliphatic carboxylic acids is 1. The van der Waals surface area contributed by atoms with Gasteiger partial charge in [-0.05, 0) is 44.0 Å². The summed E-state index contributed by atoms with van der Waals surface area (Å²) in [7, 11) is 0. The van der Waals surface area contributed by atoms with E-state index >= 15 is 0 Å². The average molecular weight is 444 g/mol. The molecule has 0 aliphatic heterocycles. The summed E-state index contributed by atoms with van der Waals surface area (Å²) in [6, 6.07) is 11.2. The topological polar surface area (TPSA) is 134 Å². The van der Waals surface area contributed by atoms with E-state index in [-0.39, 0.29) is 6.54 Å². The molecule has 0 fully saturated rings. The van der Waals surface area contributed by atoms with Crippen LogP contribution in [0.1, 0.15) is 39.7 Å². The Balaban J connectivity index is 1.97. The number of benzene rings is 2. The zero-order chi connectivity index (χ0) is 23.9. The van der Waals surface area contributed by atoms with Gasteiger partial charge in [0.25, 0.3) is 0 Å². The Labute approximate surface area is 186 Å². The first-order valence-electron chi connectivity index (χ1n) is 10.2. The van der Waals surface area contributed by atoms with Gasteiger partial charge in [-0.15, -0.1) is 0 Å². The van der Waals surface area contributed by atoms with Crippen LogP contribution >= 0.6 is 0 Å². The number of hydrogen-bond acceptors (Lipinski definition) is 5. The van der Waals surface area contributed by atoms with E-state index in [9.17, 15) is 19.2 Å². The molecule has 172 valence electrons. The lowest BCUT2D eigenvalue weighted by Gasteiger charge is -2.23.